The molecule has 0 unspecified atom stereocenters. The van der Waals surface area contributed by atoms with Gasteiger partial charge in [-0.2, -0.15) is 4.98 Å². The molecule has 1 aromatic carbocycles. The van der Waals surface area contributed by atoms with Crippen LogP contribution in [0.1, 0.15) is 5.89 Å². The van der Waals surface area contributed by atoms with E-state index >= 15 is 0 Å². The van der Waals surface area contributed by atoms with Crippen LogP contribution < -0.4 is 14.4 Å². The first kappa shape index (κ1) is 19.8. The lowest BCUT2D eigenvalue weighted by molar-refractivity contribution is -0.119. The number of hydrogen-bond acceptors (Lipinski definition) is 8. The highest BCUT2D eigenvalue weighted by molar-refractivity contribution is 7.92. The summed E-state index contributed by atoms with van der Waals surface area (Å²) >= 11 is 1.47. The largest absolute Gasteiger partial charge is 0.495 e. The molecule has 3 aromatic rings. The summed E-state index contributed by atoms with van der Waals surface area (Å²) in [6.45, 7) is -0.425. The highest BCUT2D eigenvalue weighted by Gasteiger charge is 2.24. The molecule has 0 aliphatic heterocycles. The molecule has 0 fully saturated rings. The normalized spacial score (nSPS) is 11.2. The van der Waals surface area contributed by atoms with Crippen LogP contribution in [0.2, 0.25) is 0 Å². The maximum absolute atomic E-state index is 12.3. The van der Waals surface area contributed by atoms with E-state index in [9.17, 15) is 13.2 Å². The first-order chi connectivity index (χ1) is 13.4. The molecular weight excluding hydrogens is 404 g/mol. The van der Waals surface area contributed by atoms with Gasteiger partial charge in [0.15, 0.2) is 0 Å². The van der Waals surface area contributed by atoms with E-state index in [1.807, 2.05) is 17.5 Å². The summed E-state index contributed by atoms with van der Waals surface area (Å²) in [5.74, 6) is 0.483. The molecule has 11 heteroatoms. The number of ether oxygens (including phenoxy) is 1. The molecule has 2 heterocycles. The van der Waals surface area contributed by atoms with E-state index in [0.29, 0.717) is 11.6 Å². The van der Waals surface area contributed by atoms with Gasteiger partial charge < -0.3 is 14.6 Å². The van der Waals surface area contributed by atoms with Crippen molar-refractivity contribution in [2.75, 3.05) is 24.2 Å². The van der Waals surface area contributed by atoms with E-state index in [4.69, 9.17) is 9.26 Å². The van der Waals surface area contributed by atoms with Crippen LogP contribution in [0, 0.1) is 0 Å². The van der Waals surface area contributed by atoms with Crippen molar-refractivity contribution in [3.63, 3.8) is 0 Å². The second-order valence-corrected chi connectivity index (χ2v) is 8.56. The third kappa shape index (κ3) is 4.67. The van der Waals surface area contributed by atoms with Crippen LogP contribution in [0.15, 0.2) is 46.3 Å². The number of nitrogens with zero attached hydrogens (tertiary/aromatic N) is 3. The number of thiophene rings is 1. The Morgan fingerprint density at radius 2 is 2.07 bits per heavy atom. The lowest BCUT2D eigenvalue weighted by atomic mass is 10.3. The summed E-state index contributed by atoms with van der Waals surface area (Å²) in [6, 6.07) is 10.3. The minimum absolute atomic E-state index is 0.0132. The van der Waals surface area contributed by atoms with Gasteiger partial charge in [0.1, 0.15) is 12.3 Å². The quantitative estimate of drug-likeness (QED) is 0.589. The van der Waals surface area contributed by atoms with Crippen molar-refractivity contribution in [3.8, 4) is 16.5 Å². The number of rotatable bonds is 8. The number of carbonyl (C=O) groups is 1. The number of anilines is 1. The van der Waals surface area contributed by atoms with Gasteiger partial charge in [-0.05, 0) is 23.6 Å². The summed E-state index contributed by atoms with van der Waals surface area (Å²) in [6.07, 6.45) is 1.03. The number of para-hydroxylation sites is 2. The molecule has 0 saturated heterocycles. The van der Waals surface area contributed by atoms with E-state index < -0.39 is 22.5 Å². The van der Waals surface area contributed by atoms with Gasteiger partial charge in [0.05, 0.1) is 30.5 Å². The predicted octanol–water partition coefficient (Wildman–Crippen LogP) is 1.89. The van der Waals surface area contributed by atoms with Crippen LogP contribution >= 0.6 is 11.3 Å². The second kappa shape index (κ2) is 8.40. The second-order valence-electron chi connectivity index (χ2n) is 5.71. The van der Waals surface area contributed by atoms with Crippen LogP contribution in [0.5, 0.6) is 5.75 Å². The molecule has 0 radical (unpaired) electrons. The molecule has 2 aromatic heterocycles. The van der Waals surface area contributed by atoms with Crippen molar-refractivity contribution >= 4 is 33.0 Å². The molecule has 0 atom stereocenters. The van der Waals surface area contributed by atoms with E-state index in [1.54, 1.807) is 24.3 Å². The summed E-state index contributed by atoms with van der Waals surface area (Å²) in [5, 5.41) is 8.34. The third-order valence-corrected chi connectivity index (χ3v) is 5.68. The molecule has 1 N–H and O–H groups in total. The number of aromatic nitrogens is 2. The van der Waals surface area contributed by atoms with E-state index in [-0.39, 0.29) is 18.1 Å². The number of nitrogens with one attached hydrogen (secondary N) is 1. The summed E-state index contributed by atoms with van der Waals surface area (Å²) in [7, 11) is -2.28. The average molecular weight is 422 g/mol. The number of carbonyl (C=O) groups excluding carboxylic acids is 1. The molecule has 0 bridgehead atoms. The summed E-state index contributed by atoms with van der Waals surface area (Å²) in [5.41, 5.74) is 0.278. The Bertz CT molecular complexity index is 1050. The Balaban J connectivity index is 1.68. The maximum Gasteiger partial charge on any atom is 0.246 e. The zero-order chi connectivity index (χ0) is 20.1. The molecular formula is C17H18N4O5S2. The summed E-state index contributed by atoms with van der Waals surface area (Å²) < 4.78 is 35.7. The minimum Gasteiger partial charge on any atom is -0.495 e. The van der Waals surface area contributed by atoms with Gasteiger partial charge in [-0.1, -0.05) is 23.4 Å². The van der Waals surface area contributed by atoms with E-state index in [1.165, 1.54) is 18.4 Å². The van der Waals surface area contributed by atoms with Crippen LogP contribution in [-0.2, 0) is 21.4 Å². The lowest BCUT2D eigenvalue weighted by Gasteiger charge is -2.23. The van der Waals surface area contributed by atoms with E-state index in [0.717, 1.165) is 15.4 Å². The van der Waals surface area contributed by atoms with Gasteiger partial charge in [-0.15, -0.1) is 11.3 Å². The Morgan fingerprint density at radius 1 is 1.29 bits per heavy atom. The predicted molar refractivity (Wildman–Crippen MR) is 105 cm³/mol. The maximum atomic E-state index is 12.3. The number of sulfonamides is 1. The van der Waals surface area contributed by atoms with Gasteiger partial charge in [-0.3, -0.25) is 9.10 Å². The Labute approximate surface area is 166 Å². The number of hydrogen-bond donors (Lipinski definition) is 1. The first-order valence-electron chi connectivity index (χ1n) is 8.12. The van der Waals surface area contributed by atoms with Crippen molar-refractivity contribution in [1.29, 1.82) is 0 Å². The van der Waals surface area contributed by atoms with Gasteiger partial charge in [0, 0.05) is 0 Å². The number of methoxy groups -OCH3 is 1. The van der Waals surface area contributed by atoms with E-state index in [2.05, 4.69) is 15.5 Å². The van der Waals surface area contributed by atoms with Crippen molar-refractivity contribution < 1.29 is 22.5 Å². The topological polar surface area (TPSA) is 115 Å². The third-order valence-electron chi connectivity index (χ3n) is 3.69. The molecule has 148 valence electrons. The Kier molecular flexibility index (Phi) is 5.95. The number of amides is 1. The molecule has 9 nitrogen and oxygen atoms in total. The van der Waals surface area contributed by atoms with Crippen LogP contribution in [0.3, 0.4) is 0 Å². The number of benzene rings is 1. The summed E-state index contributed by atoms with van der Waals surface area (Å²) in [4.78, 5) is 17.4. The fraction of sp³-hybridized carbons (Fsp3) is 0.235. The lowest BCUT2D eigenvalue weighted by Crippen LogP contribution is -2.40. The first-order valence-corrected chi connectivity index (χ1v) is 10.8. The minimum atomic E-state index is -3.71. The van der Waals surface area contributed by atoms with Crippen molar-refractivity contribution in [3.05, 3.63) is 47.7 Å². The fourth-order valence-electron chi connectivity index (χ4n) is 2.41. The highest BCUT2D eigenvalue weighted by atomic mass is 32.2. The zero-order valence-electron chi connectivity index (χ0n) is 15.2. The van der Waals surface area contributed by atoms with Gasteiger partial charge >= 0.3 is 0 Å². The Hall–Kier alpha value is -2.92. The fourth-order valence-corrected chi connectivity index (χ4v) is 3.92. The van der Waals surface area contributed by atoms with Gasteiger partial charge in [0.2, 0.25) is 27.6 Å². The van der Waals surface area contributed by atoms with Crippen molar-refractivity contribution in [2.24, 2.45) is 0 Å². The molecule has 28 heavy (non-hydrogen) atoms. The van der Waals surface area contributed by atoms with Crippen LogP contribution in [0.25, 0.3) is 10.7 Å². The average Bonchev–Trinajstić information content (AvgIpc) is 3.35. The van der Waals surface area contributed by atoms with Crippen LogP contribution in [0.4, 0.5) is 5.69 Å². The van der Waals surface area contributed by atoms with Gasteiger partial charge in [0.25, 0.3) is 0 Å². The molecule has 1 amide bonds. The zero-order valence-corrected chi connectivity index (χ0v) is 16.8. The molecule has 3 rings (SSSR count). The monoisotopic (exact) mass is 422 g/mol. The Morgan fingerprint density at radius 3 is 2.75 bits per heavy atom. The van der Waals surface area contributed by atoms with Crippen LogP contribution in [-0.4, -0.2) is 44.4 Å². The molecule has 0 aliphatic rings. The standard InChI is InChI=1S/C17H18N4O5S2/c1-25-13-7-4-3-6-12(13)21(28(2,23)24)11-15(22)18-10-16-19-17(20-26-16)14-8-5-9-27-14/h3-9H,10-11H2,1-2H3,(H,18,22). The molecule has 0 aliphatic carbocycles. The highest BCUT2D eigenvalue weighted by Crippen LogP contribution is 2.29. The SMILES string of the molecule is COc1ccccc1N(CC(=O)NCc1nc(-c2cccs2)no1)S(C)(=O)=O. The van der Waals surface area contributed by atoms with Crippen molar-refractivity contribution in [2.45, 2.75) is 6.54 Å². The van der Waals surface area contributed by atoms with Crippen molar-refractivity contribution in [1.82, 2.24) is 15.5 Å². The molecule has 0 saturated carbocycles. The molecule has 0 spiro atoms. The van der Waals surface area contributed by atoms with Gasteiger partial charge in [-0.25, -0.2) is 8.42 Å². The smallest absolute Gasteiger partial charge is 0.246 e.